The first kappa shape index (κ1) is 8.80. The third kappa shape index (κ3) is 3.39. The smallest absolute Gasteiger partial charge is 0.146 e. The number of nitrogens with one attached hydrogen (secondary N) is 2. The molecule has 0 saturated heterocycles. The summed E-state index contributed by atoms with van der Waals surface area (Å²) in [6, 6.07) is 0. The maximum atomic E-state index is 10.7. The fourth-order valence-corrected chi connectivity index (χ4v) is 1.27. The van der Waals surface area contributed by atoms with Crippen molar-refractivity contribution in [2.75, 3.05) is 6.26 Å². The third-order valence-electron chi connectivity index (χ3n) is 0.574. The van der Waals surface area contributed by atoms with Crippen molar-refractivity contribution < 1.29 is 4.21 Å². The molecule has 4 nitrogen and oxygen atoms in total. The highest BCUT2D eigenvalue weighted by atomic mass is 32.3. The summed E-state index contributed by atoms with van der Waals surface area (Å²) in [5.41, 5.74) is 0.936. The number of hydrogen-bond donors (Lipinski definition) is 4. The van der Waals surface area contributed by atoms with Gasteiger partial charge in [-0.3, -0.25) is 14.8 Å². The van der Waals surface area contributed by atoms with Crippen LogP contribution in [0, 0.1) is 10.8 Å². The van der Waals surface area contributed by atoms with Gasteiger partial charge in [-0.15, -0.1) is 0 Å². The monoisotopic (exact) mass is 167 g/mol. The van der Waals surface area contributed by atoms with Crippen molar-refractivity contribution in [3.63, 3.8) is 0 Å². The minimum absolute atomic E-state index is 0.127. The van der Waals surface area contributed by atoms with E-state index >= 15 is 0 Å². The maximum Gasteiger partial charge on any atom is 0.146 e. The van der Waals surface area contributed by atoms with Crippen LogP contribution in [0.25, 0.3) is 0 Å². The second-order valence-corrected chi connectivity index (χ2v) is 5.14. The van der Waals surface area contributed by atoms with Gasteiger partial charge in [0.25, 0.3) is 0 Å². The molecule has 0 rings (SSSR count). The van der Waals surface area contributed by atoms with E-state index in [1.807, 2.05) is 0 Å². The Labute approximate surface area is 58.8 Å². The number of nitrogens with two attached hydrogens (primary N) is 1. The molecule has 0 aliphatic rings. The lowest BCUT2D eigenvalue weighted by Crippen LogP contribution is -2.27. The second kappa shape index (κ2) is 3.09. The van der Waals surface area contributed by atoms with E-state index in [1.165, 1.54) is 6.26 Å². The van der Waals surface area contributed by atoms with Crippen LogP contribution < -0.4 is 5.14 Å². The highest BCUT2D eigenvalue weighted by molar-refractivity contribution is 8.43. The van der Waals surface area contributed by atoms with Crippen LogP contribution >= 0.6 is 11.8 Å². The van der Waals surface area contributed by atoms with E-state index in [4.69, 9.17) is 16.0 Å². The van der Waals surface area contributed by atoms with Crippen molar-refractivity contribution in [1.29, 1.82) is 10.8 Å². The van der Waals surface area contributed by atoms with Gasteiger partial charge in [-0.2, -0.15) is 0 Å². The molecule has 54 valence electrons. The minimum atomic E-state index is -2.88. The predicted octanol–water partition coefficient (Wildman–Crippen LogP) is -0.218. The molecular formula is C3H9N3OS2. The largest absolute Gasteiger partial charge is 0.301 e. The Balaban J connectivity index is 4.06. The fourth-order valence-electron chi connectivity index (χ4n) is 0.160. The Morgan fingerprint density at radius 1 is 1.89 bits per heavy atom. The van der Waals surface area contributed by atoms with E-state index < -0.39 is 10.1 Å². The van der Waals surface area contributed by atoms with Gasteiger partial charge in [-0.25, -0.2) is 0 Å². The van der Waals surface area contributed by atoms with Crippen LogP contribution in [0.5, 0.6) is 0 Å². The molecule has 0 heterocycles. The van der Waals surface area contributed by atoms with Crippen molar-refractivity contribution >= 4 is 31.8 Å². The molecule has 6 heteroatoms. The molecule has 0 radical (unpaired) electrons. The predicted molar refractivity (Wildman–Crippen MR) is 43.8 cm³/mol. The van der Waals surface area contributed by atoms with Crippen molar-refractivity contribution in [1.82, 2.24) is 0 Å². The van der Waals surface area contributed by atoms with Crippen LogP contribution in [0.1, 0.15) is 0 Å². The quantitative estimate of drug-likeness (QED) is 0.247. The first-order chi connectivity index (χ1) is 3.98. The normalized spacial score (nSPS) is 12.7. The first-order valence-corrected chi connectivity index (χ1v) is 5.19. The average Bonchev–Trinajstić information content (AvgIpc) is 1.64. The second-order valence-electron chi connectivity index (χ2n) is 1.53. The van der Waals surface area contributed by atoms with E-state index in [0.29, 0.717) is 0 Å². The van der Waals surface area contributed by atoms with Crippen molar-refractivity contribution in [3.05, 3.63) is 0 Å². The van der Waals surface area contributed by atoms with Gasteiger partial charge in [-0.1, -0.05) is 11.8 Å². The SMILES string of the molecule is C[SH](N)(=O)C(=N)SC=N. The average molecular weight is 167 g/mol. The lowest BCUT2D eigenvalue weighted by atomic mass is 11.7. The molecule has 0 aliphatic carbocycles. The first-order valence-electron chi connectivity index (χ1n) is 2.09. The Hall–Kier alpha value is -0.200. The molecule has 0 unspecified atom stereocenters. The van der Waals surface area contributed by atoms with Crippen LogP contribution in [0.3, 0.4) is 0 Å². The molecule has 0 atom stereocenters. The van der Waals surface area contributed by atoms with Crippen molar-refractivity contribution in [3.8, 4) is 0 Å². The molecule has 0 aromatic carbocycles. The molecule has 0 saturated carbocycles. The number of hydrogen-bond acceptors (Lipinski definition) is 4. The lowest BCUT2D eigenvalue weighted by Gasteiger charge is -2.09. The van der Waals surface area contributed by atoms with Crippen LogP contribution in [0.15, 0.2) is 0 Å². The Morgan fingerprint density at radius 3 is 2.44 bits per heavy atom. The summed E-state index contributed by atoms with van der Waals surface area (Å²) in [5, 5.41) is 18.6. The van der Waals surface area contributed by atoms with Crippen LogP contribution in [0.4, 0.5) is 0 Å². The highest BCUT2D eigenvalue weighted by Gasteiger charge is 2.06. The zero-order valence-corrected chi connectivity index (χ0v) is 6.63. The topological polar surface area (TPSA) is 90.8 Å². The van der Waals surface area contributed by atoms with E-state index in [2.05, 4.69) is 0 Å². The van der Waals surface area contributed by atoms with Gasteiger partial charge in [0.1, 0.15) is 4.38 Å². The highest BCUT2D eigenvalue weighted by Crippen LogP contribution is 2.04. The number of rotatable bonds is 1. The summed E-state index contributed by atoms with van der Waals surface area (Å²) in [6.45, 7) is 0. The zero-order chi connectivity index (χ0) is 7.49. The molecule has 0 bridgehead atoms. The molecule has 0 amide bonds. The Morgan fingerprint density at radius 2 is 2.33 bits per heavy atom. The molecule has 0 aromatic rings. The Bertz CT molecular complexity index is 172. The summed E-state index contributed by atoms with van der Waals surface area (Å²) in [5.74, 6) is 0. The van der Waals surface area contributed by atoms with E-state index in [-0.39, 0.29) is 4.38 Å². The third-order valence-corrected chi connectivity index (χ3v) is 3.13. The molecule has 9 heavy (non-hydrogen) atoms. The van der Waals surface area contributed by atoms with E-state index in [1.54, 1.807) is 0 Å². The van der Waals surface area contributed by atoms with Crippen LogP contribution in [-0.2, 0) is 10.1 Å². The van der Waals surface area contributed by atoms with Gasteiger partial charge in [0.2, 0.25) is 0 Å². The Kier molecular flexibility index (Phi) is 3.02. The van der Waals surface area contributed by atoms with Crippen molar-refractivity contribution in [2.24, 2.45) is 5.14 Å². The van der Waals surface area contributed by atoms with Gasteiger partial charge in [-0.05, 0) is 10.1 Å². The standard InChI is InChI=1S/C3H9N3OS2/c1-9(6,7)3(5)8-2-4/h2,4-5,9H,1H3,(H2,6,7). The van der Waals surface area contributed by atoms with Gasteiger partial charge in [0.05, 0.1) is 5.55 Å². The summed E-state index contributed by atoms with van der Waals surface area (Å²) in [7, 11) is -2.88. The maximum absolute atomic E-state index is 10.7. The van der Waals surface area contributed by atoms with Gasteiger partial charge in [0, 0.05) is 6.26 Å². The summed E-state index contributed by atoms with van der Waals surface area (Å²) < 4.78 is 10.6. The molecule has 0 fully saturated rings. The van der Waals surface area contributed by atoms with Gasteiger partial charge in [0.15, 0.2) is 0 Å². The molecule has 4 N–H and O–H groups in total. The molecule has 0 aromatic heterocycles. The minimum Gasteiger partial charge on any atom is -0.301 e. The van der Waals surface area contributed by atoms with Gasteiger partial charge < -0.3 is 5.41 Å². The summed E-state index contributed by atoms with van der Waals surface area (Å²) in [4.78, 5) is 0. The van der Waals surface area contributed by atoms with Crippen molar-refractivity contribution in [2.45, 2.75) is 0 Å². The molecule has 0 spiro atoms. The summed E-state index contributed by atoms with van der Waals surface area (Å²) in [6.07, 6.45) is 1.30. The fraction of sp³-hybridized carbons (Fsp3) is 0.333. The lowest BCUT2D eigenvalue weighted by molar-refractivity contribution is 0.683. The number of thiol groups is 1. The van der Waals surface area contributed by atoms with E-state index in [0.717, 1.165) is 17.3 Å². The van der Waals surface area contributed by atoms with Crippen LogP contribution in [-0.4, -0.2) is 20.4 Å². The van der Waals surface area contributed by atoms with Gasteiger partial charge >= 0.3 is 0 Å². The summed E-state index contributed by atoms with van der Waals surface area (Å²) >= 11 is 0.775. The van der Waals surface area contributed by atoms with E-state index in [9.17, 15) is 4.21 Å². The number of thioether (sulfide) groups is 1. The van der Waals surface area contributed by atoms with Crippen LogP contribution in [0.2, 0.25) is 0 Å². The zero-order valence-electron chi connectivity index (χ0n) is 4.92. The molecule has 0 aliphatic heterocycles. The molecular weight excluding hydrogens is 158 g/mol.